The normalized spacial score (nSPS) is 25.3. The van der Waals surface area contributed by atoms with Gasteiger partial charge in [-0.2, -0.15) is 5.26 Å². The molecule has 0 saturated carbocycles. The van der Waals surface area contributed by atoms with Crippen LogP contribution < -0.4 is 0 Å². The summed E-state index contributed by atoms with van der Waals surface area (Å²) in [4.78, 5) is 12.7. The van der Waals surface area contributed by atoms with Crippen molar-refractivity contribution in [1.29, 1.82) is 5.26 Å². The summed E-state index contributed by atoms with van der Waals surface area (Å²) in [6.07, 6.45) is 3.46. The van der Waals surface area contributed by atoms with E-state index in [1.165, 1.54) is 0 Å². The number of allylic oxidation sites excluding steroid dienone is 4. The minimum Gasteiger partial charge on any atom is -0.293 e. The van der Waals surface area contributed by atoms with E-state index in [1.807, 2.05) is 41.5 Å². The Bertz CT molecular complexity index is 480. The van der Waals surface area contributed by atoms with E-state index < -0.39 is 4.32 Å². The molecule has 1 aliphatic rings. The monoisotopic (exact) mass is 309 g/mol. The Morgan fingerprint density at radius 1 is 1.22 bits per heavy atom. The maximum absolute atomic E-state index is 12.7. The fraction of sp³-hybridized carbons (Fsp3) is 0.600. The summed E-state index contributed by atoms with van der Waals surface area (Å²) in [5.41, 5.74) is 0.689. The second-order valence-corrected chi connectivity index (χ2v) is 8.06. The zero-order valence-electron chi connectivity index (χ0n) is 11.9. The van der Waals surface area contributed by atoms with E-state index in [0.29, 0.717) is 11.1 Å². The number of carbonyl (C=O) groups is 1. The number of ketones is 1. The third-order valence-electron chi connectivity index (χ3n) is 3.26. The summed E-state index contributed by atoms with van der Waals surface area (Å²) in [5, 5.41) is 9.16. The largest absolute Gasteiger partial charge is 0.293 e. The highest BCUT2D eigenvalue weighted by atomic mass is 79.9. The first-order valence-corrected chi connectivity index (χ1v) is 6.81. The first-order chi connectivity index (χ1) is 7.93. The van der Waals surface area contributed by atoms with Gasteiger partial charge in [0.15, 0.2) is 5.78 Å². The number of rotatable bonds is 0. The van der Waals surface area contributed by atoms with Crippen molar-refractivity contribution in [1.82, 2.24) is 0 Å². The number of nitriles is 1. The van der Waals surface area contributed by atoms with Crippen molar-refractivity contribution in [3.8, 4) is 6.07 Å². The van der Waals surface area contributed by atoms with Crippen molar-refractivity contribution < 1.29 is 4.79 Å². The van der Waals surface area contributed by atoms with Crippen molar-refractivity contribution in [3.05, 3.63) is 23.3 Å². The van der Waals surface area contributed by atoms with Gasteiger partial charge in [-0.25, -0.2) is 0 Å². The molecule has 0 aromatic carbocycles. The predicted molar refractivity (Wildman–Crippen MR) is 77.4 cm³/mol. The van der Waals surface area contributed by atoms with Crippen LogP contribution in [0.2, 0.25) is 0 Å². The fourth-order valence-corrected chi connectivity index (χ4v) is 2.38. The Morgan fingerprint density at radius 2 is 1.72 bits per heavy atom. The van der Waals surface area contributed by atoms with E-state index in [1.54, 1.807) is 12.2 Å². The van der Waals surface area contributed by atoms with Gasteiger partial charge in [0.25, 0.3) is 0 Å². The van der Waals surface area contributed by atoms with E-state index in [0.717, 1.165) is 0 Å². The van der Waals surface area contributed by atoms with Crippen LogP contribution in [0.1, 0.15) is 41.5 Å². The maximum Gasteiger partial charge on any atom is 0.180 e. The molecule has 98 valence electrons. The molecule has 0 aliphatic heterocycles. The Balaban J connectivity index is 3.49. The first kappa shape index (κ1) is 15.2. The smallest absolute Gasteiger partial charge is 0.180 e. The number of hydrogen-bond acceptors (Lipinski definition) is 2. The lowest BCUT2D eigenvalue weighted by Gasteiger charge is -2.41. The van der Waals surface area contributed by atoms with E-state index in [-0.39, 0.29) is 16.6 Å². The summed E-state index contributed by atoms with van der Waals surface area (Å²) >= 11 is 3.58. The van der Waals surface area contributed by atoms with E-state index >= 15 is 0 Å². The van der Waals surface area contributed by atoms with E-state index in [4.69, 9.17) is 5.26 Å². The molecule has 18 heavy (non-hydrogen) atoms. The van der Waals surface area contributed by atoms with Gasteiger partial charge in [0, 0.05) is 5.57 Å². The van der Waals surface area contributed by atoms with Gasteiger partial charge < -0.3 is 0 Å². The Hall–Kier alpha value is -0.880. The van der Waals surface area contributed by atoms with Crippen LogP contribution in [0.3, 0.4) is 0 Å². The van der Waals surface area contributed by atoms with Gasteiger partial charge in [-0.3, -0.25) is 4.79 Å². The zero-order chi connectivity index (χ0) is 14.4. The molecule has 3 heteroatoms. The highest BCUT2D eigenvalue weighted by Gasteiger charge is 2.49. The molecule has 0 saturated heterocycles. The van der Waals surface area contributed by atoms with Crippen LogP contribution >= 0.6 is 15.9 Å². The number of carbonyl (C=O) groups excluding carboxylic acids is 1. The molecule has 0 spiro atoms. The van der Waals surface area contributed by atoms with Crippen LogP contribution in [0.4, 0.5) is 0 Å². The minimum absolute atomic E-state index is 0.0569. The van der Waals surface area contributed by atoms with Crippen LogP contribution in [0, 0.1) is 22.2 Å². The lowest BCUT2D eigenvalue weighted by Crippen LogP contribution is -2.47. The third-order valence-corrected chi connectivity index (χ3v) is 5.04. The average Bonchev–Trinajstić information content (AvgIpc) is 2.18. The van der Waals surface area contributed by atoms with Crippen molar-refractivity contribution in [2.75, 3.05) is 0 Å². The molecule has 1 aliphatic carbocycles. The van der Waals surface area contributed by atoms with Gasteiger partial charge in [0.2, 0.25) is 0 Å². The number of Topliss-reactive ketones (excluding diaryl/α,β-unsaturated/α-hetero) is 1. The lowest BCUT2D eigenvalue weighted by molar-refractivity contribution is -0.119. The van der Waals surface area contributed by atoms with Gasteiger partial charge in [-0.15, -0.1) is 0 Å². The zero-order valence-corrected chi connectivity index (χ0v) is 13.5. The SMILES string of the molecule is CC(C)(C)C1=CC(C#N)=C[C@@](Br)(C(C)(C)C)C1=O. The molecule has 0 radical (unpaired) electrons. The van der Waals surface area contributed by atoms with E-state index in [2.05, 4.69) is 22.0 Å². The lowest BCUT2D eigenvalue weighted by atomic mass is 9.68. The van der Waals surface area contributed by atoms with Gasteiger partial charge in [-0.05, 0) is 23.0 Å². The van der Waals surface area contributed by atoms with Crippen molar-refractivity contribution in [2.45, 2.75) is 45.9 Å². The summed E-state index contributed by atoms with van der Waals surface area (Å²) < 4.78 is -0.803. The predicted octanol–water partition coefficient (Wildman–Crippen LogP) is 4.17. The molecule has 0 aromatic rings. The van der Waals surface area contributed by atoms with Crippen molar-refractivity contribution >= 4 is 21.7 Å². The highest BCUT2D eigenvalue weighted by Crippen LogP contribution is 2.47. The standard InChI is InChI=1S/C15H20BrNO/c1-13(2,3)11-7-10(9-17)8-15(16,12(11)18)14(4,5)6/h7-8H,1-6H3/t15-/m0/s1. The molecule has 0 aromatic heterocycles. The Labute approximate surface area is 118 Å². The average molecular weight is 310 g/mol. The number of hydrogen-bond donors (Lipinski definition) is 0. The molecule has 0 heterocycles. The summed E-state index contributed by atoms with van der Waals surface area (Å²) in [7, 11) is 0. The first-order valence-electron chi connectivity index (χ1n) is 6.02. The van der Waals surface area contributed by atoms with Crippen molar-refractivity contribution in [2.24, 2.45) is 10.8 Å². The quantitative estimate of drug-likeness (QED) is 0.630. The molecular weight excluding hydrogens is 290 g/mol. The molecule has 2 nitrogen and oxygen atoms in total. The van der Waals surface area contributed by atoms with Gasteiger partial charge in [0.05, 0.1) is 11.6 Å². The summed E-state index contributed by atoms with van der Waals surface area (Å²) in [5.74, 6) is 0.0569. The number of halogens is 1. The molecule has 0 amide bonds. The number of alkyl halides is 1. The van der Waals surface area contributed by atoms with Crippen LogP contribution in [0.5, 0.6) is 0 Å². The van der Waals surface area contributed by atoms with Crippen LogP contribution in [0.15, 0.2) is 23.3 Å². The molecule has 1 atom stereocenters. The summed E-state index contributed by atoms with van der Waals surface area (Å²) in [6, 6.07) is 2.16. The minimum atomic E-state index is -0.803. The highest BCUT2D eigenvalue weighted by molar-refractivity contribution is 9.10. The van der Waals surface area contributed by atoms with Crippen molar-refractivity contribution in [3.63, 3.8) is 0 Å². The molecule has 0 bridgehead atoms. The van der Waals surface area contributed by atoms with Gasteiger partial charge >= 0.3 is 0 Å². The van der Waals surface area contributed by atoms with Gasteiger partial charge in [-0.1, -0.05) is 57.5 Å². The topological polar surface area (TPSA) is 40.9 Å². The second kappa shape index (κ2) is 4.35. The maximum atomic E-state index is 12.7. The third kappa shape index (κ3) is 2.44. The van der Waals surface area contributed by atoms with Crippen LogP contribution in [-0.4, -0.2) is 10.1 Å². The molecule has 1 rings (SSSR count). The molecule has 0 N–H and O–H groups in total. The number of nitrogens with zero attached hydrogens (tertiary/aromatic N) is 1. The van der Waals surface area contributed by atoms with E-state index in [9.17, 15) is 4.79 Å². The van der Waals surface area contributed by atoms with Gasteiger partial charge in [0.1, 0.15) is 4.32 Å². The fourth-order valence-electron chi connectivity index (χ4n) is 1.92. The Morgan fingerprint density at radius 3 is 2.06 bits per heavy atom. The summed E-state index contributed by atoms with van der Waals surface area (Å²) in [6.45, 7) is 12.0. The second-order valence-electron chi connectivity index (χ2n) is 6.81. The Kier molecular flexibility index (Phi) is 3.66. The molecular formula is C15H20BrNO. The van der Waals surface area contributed by atoms with Crippen LogP contribution in [0.25, 0.3) is 0 Å². The molecule has 0 fully saturated rings. The molecule has 0 unspecified atom stereocenters. The van der Waals surface area contributed by atoms with Crippen LogP contribution in [-0.2, 0) is 4.79 Å².